The van der Waals surface area contributed by atoms with Crippen LogP contribution in [0.5, 0.6) is 0 Å². The van der Waals surface area contributed by atoms with E-state index in [1.54, 1.807) is 12.1 Å². The molecule has 1 aromatic rings. The van der Waals surface area contributed by atoms with Gasteiger partial charge in [0.05, 0.1) is 11.5 Å². The SMILES string of the molecule is CCCCC(C(=O)O)C1CCN(CCCc2ccc(C(F)(F)F)cc2)CC1. The van der Waals surface area contributed by atoms with Crippen molar-refractivity contribution in [2.75, 3.05) is 19.6 Å². The topological polar surface area (TPSA) is 40.5 Å². The van der Waals surface area contributed by atoms with E-state index in [2.05, 4.69) is 11.8 Å². The molecule has 0 bridgehead atoms. The maximum Gasteiger partial charge on any atom is 0.416 e. The number of aliphatic carboxylic acids is 1. The zero-order valence-electron chi connectivity index (χ0n) is 16.0. The Kier molecular flexibility index (Phi) is 8.14. The first-order valence-corrected chi connectivity index (χ1v) is 9.92. The highest BCUT2D eigenvalue weighted by atomic mass is 19.4. The van der Waals surface area contributed by atoms with Crippen molar-refractivity contribution in [2.45, 2.75) is 58.0 Å². The standard InChI is InChI=1S/C21H30F3NO2/c1-2-3-6-19(20(26)27)17-11-14-25(15-12-17)13-4-5-16-7-9-18(10-8-16)21(22,23)24/h7-10,17,19H,2-6,11-15H2,1H3,(H,26,27). The minimum Gasteiger partial charge on any atom is -0.481 e. The van der Waals surface area contributed by atoms with Gasteiger partial charge in [-0.2, -0.15) is 13.2 Å². The van der Waals surface area contributed by atoms with E-state index in [1.807, 2.05) is 0 Å². The van der Waals surface area contributed by atoms with Gasteiger partial charge in [0.1, 0.15) is 0 Å². The molecule has 0 aromatic heterocycles. The molecule has 1 aliphatic rings. The number of carbonyl (C=O) groups is 1. The number of aryl methyl sites for hydroxylation is 1. The maximum atomic E-state index is 12.6. The molecule has 1 aliphatic heterocycles. The molecule has 27 heavy (non-hydrogen) atoms. The zero-order chi connectivity index (χ0) is 19.9. The predicted octanol–water partition coefficient (Wildman–Crippen LogP) is 5.24. The second-order valence-electron chi connectivity index (χ2n) is 7.56. The third-order valence-corrected chi connectivity index (χ3v) is 5.61. The Morgan fingerprint density at radius 3 is 2.33 bits per heavy atom. The lowest BCUT2D eigenvalue weighted by Crippen LogP contribution is -2.38. The monoisotopic (exact) mass is 385 g/mol. The molecular formula is C21H30F3NO2. The van der Waals surface area contributed by atoms with Crippen LogP contribution in [0.3, 0.4) is 0 Å². The minimum atomic E-state index is -4.28. The van der Waals surface area contributed by atoms with Crippen molar-refractivity contribution in [3.8, 4) is 0 Å². The molecule has 1 unspecified atom stereocenters. The van der Waals surface area contributed by atoms with Crippen molar-refractivity contribution in [1.82, 2.24) is 4.90 Å². The van der Waals surface area contributed by atoms with Crippen LogP contribution in [0.2, 0.25) is 0 Å². The Bertz CT molecular complexity index is 578. The van der Waals surface area contributed by atoms with E-state index >= 15 is 0 Å². The molecular weight excluding hydrogens is 355 g/mol. The molecule has 1 N–H and O–H groups in total. The molecule has 1 atom stereocenters. The van der Waals surface area contributed by atoms with E-state index in [1.165, 1.54) is 0 Å². The molecule has 1 saturated heterocycles. The van der Waals surface area contributed by atoms with Gasteiger partial charge in [-0.1, -0.05) is 31.9 Å². The van der Waals surface area contributed by atoms with Crippen LogP contribution in [0.1, 0.15) is 56.6 Å². The Hall–Kier alpha value is -1.56. The number of likely N-dealkylation sites (tertiary alicyclic amines) is 1. The molecule has 152 valence electrons. The molecule has 0 aliphatic carbocycles. The summed E-state index contributed by atoms with van der Waals surface area (Å²) in [4.78, 5) is 13.9. The van der Waals surface area contributed by atoms with Crippen LogP contribution in [-0.2, 0) is 17.4 Å². The molecule has 2 rings (SSSR count). The van der Waals surface area contributed by atoms with E-state index < -0.39 is 17.7 Å². The fourth-order valence-corrected chi connectivity index (χ4v) is 3.93. The molecule has 0 spiro atoms. The van der Waals surface area contributed by atoms with Gasteiger partial charge in [-0.25, -0.2) is 0 Å². The number of unbranched alkanes of at least 4 members (excludes halogenated alkanes) is 1. The van der Waals surface area contributed by atoms with Crippen LogP contribution in [0, 0.1) is 11.8 Å². The first kappa shape index (κ1) is 21.7. The third-order valence-electron chi connectivity index (χ3n) is 5.61. The van der Waals surface area contributed by atoms with E-state index in [-0.39, 0.29) is 11.8 Å². The van der Waals surface area contributed by atoms with Crippen molar-refractivity contribution in [3.63, 3.8) is 0 Å². The second-order valence-corrected chi connectivity index (χ2v) is 7.56. The number of piperidine rings is 1. The number of alkyl halides is 3. The molecule has 1 fully saturated rings. The first-order chi connectivity index (χ1) is 12.8. The summed E-state index contributed by atoms with van der Waals surface area (Å²) in [6.45, 7) is 4.81. The van der Waals surface area contributed by atoms with Gasteiger partial charge >= 0.3 is 12.1 Å². The number of benzene rings is 1. The summed E-state index contributed by atoms with van der Waals surface area (Å²) >= 11 is 0. The quantitative estimate of drug-likeness (QED) is 0.632. The van der Waals surface area contributed by atoms with Crippen molar-refractivity contribution >= 4 is 5.97 Å². The number of carboxylic acid groups (broad SMARTS) is 1. The van der Waals surface area contributed by atoms with Crippen LogP contribution in [0.25, 0.3) is 0 Å². The second kappa shape index (κ2) is 10.1. The van der Waals surface area contributed by atoms with Gasteiger partial charge in [-0.15, -0.1) is 0 Å². The van der Waals surface area contributed by atoms with Crippen molar-refractivity contribution < 1.29 is 23.1 Å². The Labute approximate surface area is 159 Å². The number of carboxylic acids is 1. The molecule has 0 saturated carbocycles. The maximum absolute atomic E-state index is 12.6. The van der Waals surface area contributed by atoms with Gasteiger partial charge in [0.2, 0.25) is 0 Å². The molecule has 0 amide bonds. The van der Waals surface area contributed by atoms with Crippen molar-refractivity contribution in [3.05, 3.63) is 35.4 Å². The van der Waals surface area contributed by atoms with Crippen LogP contribution >= 0.6 is 0 Å². The van der Waals surface area contributed by atoms with Crippen LogP contribution in [0.4, 0.5) is 13.2 Å². The molecule has 6 heteroatoms. The molecule has 1 aromatic carbocycles. The fraction of sp³-hybridized carbons (Fsp3) is 0.667. The van der Waals surface area contributed by atoms with Crippen LogP contribution < -0.4 is 0 Å². The smallest absolute Gasteiger partial charge is 0.416 e. The number of hydrogen-bond donors (Lipinski definition) is 1. The number of rotatable bonds is 9. The summed E-state index contributed by atoms with van der Waals surface area (Å²) in [7, 11) is 0. The van der Waals surface area contributed by atoms with Crippen molar-refractivity contribution in [2.24, 2.45) is 11.8 Å². The van der Waals surface area contributed by atoms with Gasteiger partial charge < -0.3 is 10.0 Å². The number of hydrogen-bond acceptors (Lipinski definition) is 2. The highest BCUT2D eigenvalue weighted by Crippen LogP contribution is 2.30. The lowest BCUT2D eigenvalue weighted by molar-refractivity contribution is -0.144. The summed E-state index contributed by atoms with van der Waals surface area (Å²) in [6.07, 6.45) is 1.96. The lowest BCUT2D eigenvalue weighted by Gasteiger charge is -2.34. The Morgan fingerprint density at radius 2 is 1.81 bits per heavy atom. The van der Waals surface area contributed by atoms with Gasteiger partial charge in [-0.05, 0) is 75.4 Å². The Balaban J connectivity index is 1.72. The highest BCUT2D eigenvalue weighted by Gasteiger charge is 2.31. The summed E-state index contributed by atoms with van der Waals surface area (Å²) < 4.78 is 37.7. The number of halogens is 3. The summed E-state index contributed by atoms with van der Waals surface area (Å²) in [5.74, 6) is -0.622. The number of nitrogens with zero attached hydrogens (tertiary/aromatic N) is 1. The summed E-state index contributed by atoms with van der Waals surface area (Å²) in [6, 6.07) is 5.40. The highest BCUT2D eigenvalue weighted by molar-refractivity contribution is 5.70. The van der Waals surface area contributed by atoms with Gasteiger partial charge in [-0.3, -0.25) is 4.79 Å². The van der Waals surface area contributed by atoms with Crippen LogP contribution in [0.15, 0.2) is 24.3 Å². The predicted molar refractivity (Wildman–Crippen MR) is 99.6 cm³/mol. The summed E-state index contributed by atoms with van der Waals surface area (Å²) in [5, 5.41) is 9.47. The minimum absolute atomic E-state index is 0.223. The average molecular weight is 385 g/mol. The van der Waals surface area contributed by atoms with E-state index in [4.69, 9.17) is 0 Å². The average Bonchev–Trinajstić information content (AvgIpc) is 2.63. The first-order valence-electron chi connectivity index (χ1n) is 9.92. The van der Waals surface area contributed by atoms with E-state index in [0.29, 0.717) is 0 Å². The lowest BCUT2D eigenvalue weighted by atomic mass is 9.81. The molecule has 0 radical (unpaired) electrons. The molecule has 1 heterocycles. The molecule has 3 nitrogen and oxygen atoms in total. The normalized spacial score (nSPS) is 17.8. The van der Waals surface area contributed by atoms with Gasteiger partial charge in [0.25, 0.3) is 0 Å². The fourth-order valence-electron chi connectivity index (χ4n) is 3.93. The third kappa shape index (κ3) is 6.83. The van der Waals surface area contributed by atoms with E-state index in [9.17, 15) is 23.1 Å². The Morgan fingerprint density at radius 1 is 1.19 bits per heavy atom. The van der Waals surface area contributed by atoms with Gasteiger partial charge in [0, 0.05) is 0 Å². The zero-order valence-corrected chi connectivity index (χ0v) is 16.0. The summed E-state index contributed by atoms with van der Waals surface area (Å²) in [5.41, 5.74) is 0.313. The largest absolute Gasteiger partial charge is 0.481 e. The van der Waals surface area contributed by atoms with Crippen LogP contribution in [-0.4, -0.2) is 35.6 Å². The van der Waals surface area contributed by atoms with Crippen molar-refractivity contribution in [1.29, 1.82) is 0 Å². The van der Waals surface area contributed by atoms with E-state index in [0.717, 1.165) is 82.3 Å². The van der Waals surface area contributed by atoms with Gasteiger partial charge in [0.15, 0.2) is 0 Å².